The van der Waals surface area contributed by atoms with Crippen molar-refractivity contribution in [3.63, 3.8) is 0 Å². The number of amides is 2. The van der Waals surface area contributed by atoms with Gasteiger partial charge in [-0.15, -0.1) is 0 Å². The van der Waals surface area contributed by atoms with E-state index in [-0.39, 0.29) is 30.3 Å². The molecule has 144 valence electrons. The van der Waals surface area contributed by atoms with Gasteiger partial charge in [0.15, 0.2) is 0 Å². The Hall–Kier alpha value is -3.41. The van der Waals surface area contributed by atoms with Gasteiger partial charge in [0.1, 0.15) is 5.82 Å². The first-order chi connectivity index (χ1) is 13.5. The second-order valence-electron chi connectivity index (χ2n) is 6.71. The monoisotopic (exact) mass is 376 g/mol. The summed E-state index contributed by atoms with van der Waals surface area (Å²) >= 11 is 0. The lowest BCUT2D eigenvalue weighted by Gasteiger charge is -2.19. The van der Waals surface area contributed by atoms with Crippen LogP contribution in [-0.4, -0.2) is 21.8 Å². The first kappa shape index (κ1) is 19.4. The molecule has 0 aliphatic heterocycles. The first-order valence-corrected chi connectivity index (χ1v) is 9.24. The zero-order valence-corrected chi connectivity index (χ0v) is 16.0. The maximum Gasteiger partial charge on any atom is 0.222 e. The zero-order chi connectivity index (χ0) is 19.9. The summed E-state index contributed by atoms with van der Waals surface area (Å²) < 4.78 is 0. The zero-order valence-electron chi connectivity index (χ0n) is 16.0. The predicted octanol–water partition coefficient (Wildman–Crippen LogP) is 3.52. The van der Waals surface area contributed by atoms with Crippen LogP contribution < -0.4 is 10.6 Å². The molecule has 0 aliphatic rings. The summed E-state index contributed by atoms with van der Waals surface area (Å²) in [7, 11) is 0. The van der Waals surface area contributed by atoms with E-state index in [4.69, 9.17) is 0 Å². The SMILES string of the molecule is CC(=O)NC(CC(=O)NC(C)c1ncc(-c2ccccc2)[nH]1)c1ccccc1. The molecule has 28 heavy (non-hydrogen) atoms. The molecule has 0 aliphatic carbocycles. The van der Waals surface area contributed by atoms with Gasteiger partial charge in [0.2, 0.25) is 11.8 Å². The highest BCUT2D eigenvalue weighted by atomic mass is 16.2. The Morgan fingerprint density at radius 3 is 2.29 bits per heavy atom. The number of nitrogens with one attached hydrogen (secondary N) is 3. The molecule has 0 spiro atoms. The van der Waals surface area contributed by atoms with Gasteiger partial charge in [-0.1, -0.05) is 60.7 Å². The van der Waals surface area contributed by atoms with Gasteiger partial charge in [0.25, 0.3) is 0 Å². The van der Waals surface area contributed by atoms with Crippen LogP contribution in [0.5, 0.6) is 0 Å². The molecule has 2 amide bonds. The molecule has 3 rings (SSSR count). The second-order valence-corrected chi connectivity index (χ2v) is 6.71. The van der Waals surface area contributed by atoms with Crippen molar-refractivity contribution in [2.24, 2.45) is 0 Å². The summed E-state index contributed by atoms with van der Waals surface area (Å²) in [5, 5.41) is 5.79. The quantitative estimate of drug-likeness (QED) is 0.590. The van der Waals surface area contributed by atoms with E-state index in [1.807, 2.05) is 67.6 Å². The molecule has 0 radical (unpaired) electrons. The van der Waals surface area contributed by atoms with Crippen LogP contribution >= 0.6 is 0 Å². The number of aromatic nitrogens is 2. The largest absolute Gasteiger partial charge is 0.349 e. The molecule has 0 bridgehead atoms. The number of hydrogen-bond donors (Lipinski definition) is 3. The topological polar surface area (TPSA) is 86.9 Å². The molecular formula is C22H24N4O2. The molecule has 0 saturated heterocycles. The Labute approximate surface area is 164 Å². The highest BCUT2D eigenvalue weighted by molar-refractivity contribution is 5.79. The van der Waals surface area contributed by atoms with Crippen LogP contribution in [0.1, 0.15) is 43.7 Å². The van der Waals surface area contributed by atoms with E-state index in [0.717, 1.165) is 16.8 Å². The third-order valence-electron chi connectivity index (χ3n) is 4.44. The summed E-state index contributed by atoms with van der Waals surface area (Å²) in [6, 6.07) is 18.7. The van der Waals surface area contributed by atoms with E-state index in [9.17, 15) is 9.59 Å². The van der Waals surface area contributed by atoms with E-state index < -0.39 is 0 Å². The second kappa shape index (κ2) is 8.99. The molecule has 1 heterocycles. The van der Waals surface area contributed by atoms with Crippen molar-refractivity contribution in [1.82, 2.24) is 20.6 Å². The Balaban J connectivity index is 1.65. The highest BCUT2D eigenvalue weighted by Gasteiger charge is 2.19. The fourth-order valence-electron chi connectivity index (χ4n) is 3.06. The maximum atomic E-state index is 12.6. The Bertz CT molecular complexity index is 922. The number of hydrogen-bond acceptors (Lipinski definition) is 3. The third kappa shape index (κ3) is 5.07. The van der Waals surface area contributed by atoms with Gasteiger partial charge in [-0.2, -0.15) is 0 Å². The summed E-state index contributed by atoms with van der Waals surface area (Å²) in [6.07, 6.45) is 1.91. The molecule has 2 unspecified atom stereocenters. The van der Waals surface area contributed by atoms with Crippen LogP contribution in [0.2, 0.25) is 0 Å². The third-order valence-corrected chi connectivity index (χ3v) is 4.44. The first-order valence-electron chi connectivity index (χ1n) is 9.24. The number of H-pyrrole nitrogens is 1. The van der Waals surface area contributed by atoms with Gasteiger partial charge in [-0.05, 0) is 18.1 Å². The number of aromatic amines is 1. The van der Waals surface area contributed by atoms with Crippen molar-refractivity contribution in [2.45, 2.75) is 32.4 Å². The lowest BCUT2D eigenvalue weighted by atomic mass is 10.0. The van der Waals surface area contributed by atoms with E-state index in [0.29, 0.717) is 5.82 Å². The fourth-order valence-corrected chi connectivity index (χ4v) is 3.06. The average molecular weight is 376 g/mol. The molecule has 3 N–H and O–H groups in total. The molecule has 2 atom stereocenters. The summed E-state index contributed by atoms with van der Waals surface area (Å²) in [4.78, 5) is 31.7. The van der Waals surface area contributed by atoms with E-state index in [1.165, 1.54) is 6.92 Å². The Morgan fingerprint density at radius 2 is 1.64 bits per heavy atom. The molecule has 2 aromatic carbocycles. The number of imidazole rings is 1. The van der Waals surface area contributed by atoms with Crippen LogP contribution in [0.4, 0.5) is 0 Å². The number of nitrogens with zero attached hydrogens (tertiary/aromatic N) is 1. The van der Waals surface area contributed by atoms with Crippen LogP contribution in [0, 0.1) is 0 Å². The highest BCUT2D eigenvalue weighted by Crippen LogP contribution is 2.20. The fraction of sp³-hybridized carbons (Fsp3) is 0.227. The van der Waals surface area contributed by atoms with Crippen molar-refractivity contribution >= 4 is 11.8 Å². The van der Waals surface area contributed by atoms with Gasteiger partial charge in [-0.3, -0.25) is 9.59 Å². The lowest BCUT2D eigenvalue weighted by Crippen LogP contribution is -2.34. The van der Waals surface area contributed by atoms with Crippen LogP contribution in [0.25, 0.3) is 11.3 Å². The number of benzene rings is 2. The molecular weight excluding hydrogens is 352 g/mol. The molecule has 6 heteroatoms. The maximum absolute atomic E-state index is 12.6. The number of rotatable bonds is 7. The number of carbonyl (C=O) groups is 2. The van der Waals surface area contributed by atoms with Gasteiger partial charge < -0.3 is 15.6 Å². The molecule has 1 aromatic heterocycles. The Morgan fingerprint density at radius 1 is 1.00 bits per heavy atom. The molecule has 3 aromatic rings. The molecule has 0 fully saturated rings. The van der Waals surface area contributed by atoms with Crippen molar-refractivity contribution < 1.29 is 9.59 Å². The van der Waals surface area contributed by atoms with E-state index >= 15 is 0 Å². The van der Waals surface area contributed by atoms with Gasteiger partial charge in [0, 0.05) is 6.92 Å². The van der Waals surface area contributed by atoms with Crippen molar-refractivity contribution in [3.8, 4) is 11.3 Å². The normalized spacial score (nSPS) is 12.8. The van der Waals surface area contributed by atoms with Gasteiger partial charge in [0.05, 0.1) is 30.4 Å². The standard InChI is InChI=1S/C22H24N4O2/c1-15(22-23-14-20(26-22)18-11-7-4-8-12-18)24-21(28)13-19(25-16(2)27)17-9-5-3-6-10-17/h3-12,14-15,19H,13H2,1-2H3,(H,23,26)(H,24,28)(H,25,27). The number of carbonyl (C=O) groups excluding carboxylic acids is 2. The summed E-state index contributed by atoms with van der Waals surface area (Å²) in [5.74, 6) is 0.351. The van der Waals surface area contributed by atoms with Crippen molar-refractivity contribution in [3.05, 3.63) is 78.2 Å². The van der Waals surface area contributed by atoms with Crippen LogP contribution in [0.15, 0.2) is 66.9 Å². The van der Waals surface area contributed by atoms with Crippen LogP contribution in [-0.2, 0) is 9.59 Å². The van der Waals surface area contributed by atoms with Crippen molar-refractivity contribution in [1.29, 1.82) is 0 Å². The minimum atomic E-state index is -0.373. The minimum absolute atomic E-state index is 0.153. The van der Waals surface area contributed by atoms with Crippen molar-refractivity contribution in [2.75, 3.05) is 0 Å². The van der Waals surface area contributed by atoms with Crippen LogP contribution in [0.3, 0.4) is 0 Å². The van der Waals surface area contributed by atoms with E-state index in [1.54, 1.807) is 6.20 Å². The summed E-state index contributed by atoms with van der Waals surface area (Å²) in [5.41, 5.74) is 2.83. The Kier molecular flexibility index (Phi) is 6.22. The smallest absolute Gasteiger partial charge is 0.222 e. The average Bonchev–Trinajstić information content (AvgIpc) is 3.19. The lowest BCUT2D eigenvalue weighted by molar-refractivity contribution is -0.123. The van der Waals surface area contributed by atoms with Gasteiger partial charge >= 0.3 is 0 Å². The van der Waals surface area contributed by atoms with E-state index in [2.05, 4.69) is 20.6 Å². The minimum Gasteiger partial charge on any atom is -0.349 e. The summed E-state index contributed by atoms with van der Waals surface area (Å²) in [6.45, 7) is 3.33. The molecule has 0 saturated carbocycles. The predicted molar refractivity (Wildman–Crippen MR) is 108 cm³/mol. The van der Waals surface area contributed by atoms with Gasteiger partial charge in [-0.25, -0.2) is 4.98 Å². The molecule has 6 nitrogen and oxygen atoms in total.